The van der Waals surface area contributed by atoms with E-state index in [-0.39, 0.29) is 18.9 Å². The predicted molar refractivity (Wildman–Crippen MR) is 76.8 cm³/mol. The lowest BCUT2D eigenvalue weighted by atomic mass is 10.1. The fourth-order valence-corrected chi connectivity index (χ4v) is 2.31. The summed E-state index contributed by atoms with van der Waals surface area (Å²) in [5.41, 5.74) is 1.76. The Morgan fingerprint density at radius 1 is 1.43 bits per heavy atom. The van der Waals surface area contributed by atoms with Gasteiger partial charge in [0.05, 0.1) is 18.7 Å². The van der Waals surface area contributed by atoms with E-state index >= 15 is 0 Å². The Kier molecular flexibility index (Phi) is 5.75. The molecule has 6 nitrogen and oxygen atoms in total. The maximum atomic E-state index is 12.1. The zero-order chi connectivity index (χ0) is 16.9. The van der Waals surface area contributed by atoms with Gasteiger partial charge in [0.15, 0.2) is 0 Å². The van der Waals surface area contributed by atoms with Crippen LogP contribution >= 0.6 is 0 Å². The van der Waals surface area contributed by atoms with Gasteiger partial charge in [-0.2, -0.15) is 18.3 Å². The summed E-state index contributed by atoms with van der Waals surface area (Å²) in [7, 11) is 0. The highest BCUT2D eigenvalue weighted by Gasteiger charge is 2.28. The van der Waals surface area contributed by atoms with Crippen LogP contribution in [0.3, 0.4) is 0 Å². The molecule has 1 N–H and O–H groups in total. The molecule has 1 aromatic heterocycles. The molecule has 1 amide bonds. The molecule has 0 bridgehead atoms. The molecule has 0 saturated heterocycles. The number of carbonyl (C=O) groups is 1. The van der Waals surface area contributed by atoms with Crippen LogP contribution in [-0.4, -0.2) is 53.5 Å². The van der Waals surface area contributed by atoms with Gasteiger partial charge in [-0.15, -0.1) is 5.10 Å². The van der Waals surface area contributed by atoms with Gasteiger partial charge in [-0.3, -0.25) is 4.79 Å². The summed E-state index contributed by atoms with van der Waals surface area (Å²) in [6.45, 7) is 1.97. The quantitative estimate of drug-likeness (QED) is 0.804. The Morgan fingerprint density at radius 3 is 2.91 bits per heavy atom. The van der Waals surface area contributed by atoms with Gasteiger partial charge in [-0.1, -0.05) is 0 Å². The van der Waals surface area contributed by atoms with Crippen molar-refractivity contribution in [3.05, 3.63) is 17.3 Å². The molecule has 1 aromatic rings. The number of anilines is 1. The van der Waals surface area contributed by atoms with E-state index < -0.39 is 12.8 Å². The van der Waals surface area contributed by atoms with Crippen LogP contribution in [0, 0.1) is 0 Å². The Labute approximate surface area is 132 Å². The molecule has 0 fully saturated rings. The fraction of sp³-hybridized carbons (Fsp3) is 0.643. The van der Waals surface area contributed by atoms with E-state index in [4.69, 9.17) is 0 Å². The first kappa shape index (κ1) is 17.5. The third-order valence-corrected chi connectivity index (χ3v) is 3.38. The molecule has 0 atom stereocenters. The number of ether oxygens (including phenoxy) is 1. The first-order valence-electron chi connectivity index (χ1n) is 7.40. The highest BCUT2D eigenvalue weighted by Crippen LogP contribution is 2.19. The first-order chi connectivity index (χ1) is 10.9. The summed E-state index contributed by atoms with van der Waals surface area (Å²) in [6, 6.07) is 1.85. The van der Waals surface area contributed by atoms with Crippen molar-refractivity contribution in [3.8, 4) is 0 Å². The van der Waals surface area contributed by atoms with E-state index in [9.17, 15) is 18.0 Å². The van der Waals surface area contributed by atoms with Crippen LogP contribution < -0.4 is 5.32 Å². The smallest absolute Gasteiger partial charge is 0.372 e. The third kappa shape index (κ3) is 5.34. The minimum Gasteiger partial charge on any atom is -0.372 e. The van der Waals surface area contributed by atoms with Crippen molar-refractivity contribution in [2.45, 2.75) is 32.5 Å². The van der Waals surface area contributed by atoms with Gasteiger partial charge in [-0.25, -0.2) is 0 Å². The van der Waals surface area contributed by atoms with Crippen molar-refractivity contribution in [2.75, 3.05) is 31.6 Å². The first-order valence-corrected chi connectivity index (χ1v) is 7.40. The van der Waals surface area contributed by atoms with Gasteiger partial charge < -0.3 is 15.0 Å². The van der Waals surface area contributed by atoms with Crippen molar-refractivity contribution < 1.29 is 22.7 Å². The monoisotopic (exact) mass is 332 g/mol. The molecule has 2 heterocycles. The van der Waals surface area contributed by atoms with Crippen molar-refractivity contribution in [1.82, 2.24) is 15.1 Å². The lowest BCUT2D eigenvalue weighted by molar-refractivity contribution is -0.175. The molecule has 0 spiro atoms. The normalized spacial score (nSPS) is 14.5. The standard InChI is InChI=1S/C14H19F3N4O2/c1-2-18-12-7-10-8-21(5-3-11(10)19-20-12)13(22)4-6-23-9-14(15,16)17/h7H,2-6,8-9H2,1H3,(H,18,20). The van der Waals surface area contributed by atoms with Crippen LogP contribution in [0.15, 0.2) is 6.07 Å². The molecule has 128 valence electrons. The minimum absolute atomic E-state index is 0.0655. The Morgan fingerprint density at radius 2 is 2.22 bits per heavy atom. The molecular weight excluding hydrogens is 313 g/mol. The van der Waals surface area contributed by atoms with E-state index in [2.05, 4.69) is 20.3 Å². The van der Waals surface area contributed by atoms with E-state index in [0.717, 1.165) is 11.3 Å². The molecule has 0 aromatic carbocycles. The zero-order valence-corrected chi connectivity index (χ0v) is 12.8. The van der Waals surface area contributed by atoms with E-state index in [0.29, 0.717) is 31.9 Å². The van der Waals surface area contributed by atoms with Crippen molar-refractivity contribution in [1.29, 1.82) is 0 Å². The molecule has 0 saturated carbocycles. The summed E-state index contributed by atoms with van der Waals surface area (Å²) >= 11 is 0. The SMILES string of the molecule is CCNc1cc2c(nn1)CCN(C(=O)CCOCC(F)(F)F)C2. The maximum Gasteiger partial charge on any atom is 0.411 e. The number of rotatable bonds is 6. The van der Waals surface area contributed by atoms with Gasteiger partial charge in [0.2, 0.25) is 5.91 Å². The van der Waals surface area contributed by atoms with E-state index in [1.807, 2.05) is 13.0 Å². The molecule has 0 aliphatic carbocycles. The number of aromatic nitrogens is 2. The average Bonchev–Trinajstić information content (AvgIpc) is 2.50. The predicted octanol–water partition coefficient (Wildman–Crippen LogP) is 1.76. The van der Waals surface area contributed by atoms with Crippen molar-refractivity contribution in [3.63, 3.8) is 0 Å². The molecular formula is C14H19F3N4O2. The molecule has 0 radical (unpaired) electrons. The maximum absolute atomic E-state index is 12.1. The number of hydrogen-bond acceptors (Lipinski definition) is 5. The number of alkyl halides is 3. The lowest BCUT2D eigenvalue weighted by Gasteiger charge is -2.28. The van der Waals surface area contributed by atoms with Gasteiger partial charge >= 0.3 is 6.18 Å². The number of hydrogen-bond donors (Lipinski definition) is 1. The molecule has 1 aliphatic heterocycles. The molecule has 0 unspecified atom stereocenters. The summed E-state index contributed by atoms with van der Waals surface area (Å²) in [5.74, 6) is 0.425. The summed E-state index contributed by atoms with van der Waals surface area (Å²) in [6.07, 6.45) is -3.84. The molecule has 23 heavy (non-hydrogen) atoms. The van der Waals surface area contributed by atoms with Gasteiger partial charge in [0.25, 0.3) is 0 Å². The van der Waals surface area contributed by atoms with Crippen molar-refractivity contribution >= 4 is 11.7 Å². The number of nitrogens with zero attached hydrogens (tertiary/aromatic N) is 3. The number of nitrogens with one attached hydrogen (secondary N) is 1. The van der Waals surface area contributed by atoms with Crippen LogP contribution in [0.2, 0.25) is 0 Å². The van der Waals surface area contributed by atoms with Gasteiger partial charge in [0.1, 0.15) is 12.4 Å². The average molecular weight is 332 g/mol. The molecule has 2 rings (SSSR count). The van der Waals surface area contributed by atoms with Crippen LogP contribution in [0.5, 0.6) is 0 Å². The zero-order valence-electron chi connectivity index (χ0n) is 12.8. The van der Waals surface area contributed by atoms with Gasteiger partial charge in [0, 0.05) is 26.1 Å². The Bertz CT molecular complexity index is 551. The highest BCUT2D eigenvalue weighted by atomic mass is 19.4. The Balaban J connectivity index is 1.85. The lowest BCUT2D eigenvalue weighted by Crippen LogP contribution is -2.37. The second-order valence-corrected chi connectivity index (χ2v) is 5.21. The third-order valence-electron chi connectivity index (χ3n) is 3.38. The fourth-order valence-electron chi connectivity index (χ4n) is 2.31. The van der Waals surface area contributed by atoms with Crippen LogP contribution in [0.1, 0.15) is 24.6 Å². The van der Waals surface area contributed by atoms with E-state index in [1.54, 1.807) is 4.90 Å². The summed E-state index contributed by atoms with van der Waals surface area (Å²) in [5, 5.41) is 11.2. The summed E-state index contributed by atoms with van der Waals surface area (Å²) in [4.78, 5) is 13.7. The van der Waals surface area contributed by atoms with Crippen molar-refractivity contribution in [2.24, 2.45) is 0 Å². The highest BCUT2D eigenvalue weighted by molar-refractivity contribution is 5.76. The summed E-state index contributed by atoms with van der Waals surface area (Å²) < 4.78 is 40.4. The second-order valence-electron chi connectivity index (χ2n) is 5.21. The van der Waals surface area contributed by atoms with Crippen LogP contribution in [0.25, 0.3) is 0 Å². The number of carbonyl (C=O) groups excluding carboxylic acids is 1. The minimum atomic E-state index is -4.37. The van der Waals surface area contributed by atoms with Crippen LogP contribution in [-0.2, 0) is 22.5 Å². The van der Waals surface area contributed by atoms with Gasteiger partial charge in [-0.05, 0) is 18.6 Å². The molecule has 1 aliphatic rings. The van der Waals surface area contributed by atoms with Crippen LogP contribution in [0.4, 0.5) is 19.0 Å². The largest absolute Gasteiger partial charge is 0.411 e. The Hall–Kier alpha value is -1.90. The number of amides is 1. The topological polar surface area (TPSA) is 67.4 Å². The molecule has 9 heteroatoms. The number of halogens is 3. The number of fused-ring (bicyclic) bond motifs is 1. The van der Waals surface area contributed by atoms with E-state index in [1.165, 1.54) is 0 Å². The second kappa shape index (κ2) is 7.58.